The summed E-state index contributed by atoms with van der Waals surface area (Å²) < 4.78 is 0. The summed E-state index contributed by atoms with van der Waals surface area (Å²) in [5.74, 6) is 0.0693. The predicted molar refractivity (Wildman–Crippen MR) is 45.3 cm³/mol. The van der Waals surface area contributed by atoms with Gasteiger partial charge in [-0.05, 0) is 0 Å². The van der Waals surface area contributed by atoms with E-state index < -0.39 is 0 Å². The van der Waals surface area contributed by atoms with Crippen LogP contribution in [0.15, 0.2) is 0 Å². The summed E-state index contributed by atoms with van der Waals surface area (Å²) in [5, 5.41) is 2.89. The summed E-state index contributed by atoms with van der Waals surface area (Å²) in [5.41, 5.74) is 2.40. The Bertz CT molecular complexity index is 168. The molecule has 0 spiro atoms. The topological polar surface area (TPSA) is 50.4 Å². The SMILES string of the molecule is CC(C)(C)C(=O)N[C@H]1CNOC1. The second kappa shape index (κ2) is 3.41. The first-order valence-electron chi connectivity index (χ1n) is 4.16. The van der Waals surface area contributed by atoms with E-state index in [1.165, 1.54) is 0 Å². The zero-order chi connectivity index (χ0) is 9.19. The van der Waals surface area contributed by atoms with E-state index in [0.717, 1.165) is 0 Å². The minimum atomic E-state index is -0.317. The van der Waals surface area contributed by atoms with E-state index >= 15 is 0 Å². The number of hydrogen-bond acceptors (Lipinski definition) is 3. The van der Waals surface area contributed by atoms with E-state index in [1.54, 1.807) is 0 Å². The zero-order valence-electron chi connectivity index (χ0n) is 7.81. The van der Waals surface area contributed by atoms with Crippen LogP contribution in [0.25, 0.3) is 0 Å². The third kappa shape index (κ3) is 2.46. The summed E-state index contributed by atoms with van der Waals surface area (Å²) >= 11 is 0. The van der Waals surface area contributed by atoms with Crippen molar-refractivity contribution in [3.63, 3.8) is 0 Å². The molecule has 1 fully saturated rings. The van der Waals surface area contributed by atoms with Gasteiger partial charge in [-0.3, -0.25) is 9.63 Å². The number of carbonyl (C=O) groups is 1. The predicted octanol–water partition coefficient (Wildman–Crippen LogP) is 0.0521. The molecule has 0 bridgehead atoms. The largest absolute Gasteiger partial charge is 0.349 e. The van der Waals surface area contributed by atoms with Gasteiger partial charge in [-0.1, -0.05) is 20.8 Å². The van der Waals surface area contributed by atoms with E-state index in [-0.39, 0.29) is 17.4 Å². The van der Waals surface area contributed by atoms with Gasteiger partial charge in [0.25, 0.3) is 0 Å². The molecular formula is C8H16N2O2. The average Bonchev–Trinajstić information content (AvgIpc) is 2.37. The molecule has 1 heterocycles. The van der Waals surface area contributed by atoms with Gasteiger partial charge in [0.05, 0.1) is 12.6 Å². The van der Waals surface area contributed by atoms with E-state index in [4.69, 9.17) is 4.84 Å². The highest BCUT2D eigenvalue weighted by Gasteiger charge is 2.25. The third-order valence-corrected chi connectivity index (χ3v) is 1.73. The average molecular weight is 172 g/mol. The molecule has 4 nitrogen and oxygen atoms in total. The van der Waals surface area contributed by atoms with Gasteiger partial charge in [0, 0.05) is 12.0 Å². The van der Waals surface area contributed by atoms with Crippen molar-refractivity contribution >= 4 is 5.91 Å². The molecule has 70 valence electrons. The molecule has 2 N–H and O–H groups in total. The molecule has 1 aliphatic heterocycles. The maximum Gasteiger partial charge on any atom is 0.225 e. The fourth-order valence-electron chi connectivity index (χ4n) is 0.873. The van der Waals surface area contributed by atoms with Crippen molar-refractivity contribution in [2.75, 3.05) is 13.2 Å². The van der Waals surface area contributed by atoms with Crippen molar-refractivity contribution in [1.82, 2.24) is 10.8 Å². The van der Waals surface area contributed by atoms with Crippen LogP contribution in [0.1, 0.15) is 20.8 Å². The van der Waals surface area contributed by atoms with Crippen molar-refractivity contribution in [2.45, 2.75) is 26.8 Å². The van der Waals surface area contributed by atoms with Gasteiger partial charge in [-0.2, -0.15) is 0 Å². The molecule has 12 heavy (non-hydrogen) atoms. The highest BCUT2D eigenvalue weighted by Crippen LogP contribution is 2.13. The van der Waals surface area contributed by atoms with E-state index in [0.29, 0.717) is 13.2 Å². The van der Waals surface area contributed by atoms with Gasteiger partial charge in [0.15, 0.2) is 0 Å². The Hall–Kier alpha value is -0.610. The van der Waals surface area contributed by atoms with Gasteiger partial charge in [0.2, 0.25) is 5.91 Å². The zero-order valence-corrected chi connectivity index (χ0v) is 7.81. The van der Waals surface area contributed by atoms with Gasteiger partial charge in [-0.25, -0.2) is 5.48 Å². The molecule has 0 radical (unpaired) electrons. The van der Waals surface area contributed by atoms with Crippen LogP contribution in [0.2, 0.25) is 0 Å². The molecule has 0 aromatic carbocycles. The van der Waals surface area contributed by atoms with Gasteiger partial charge < -0.3 is 5.32 Å². The first-order chi connectivity index (χ1) is 5.50. The molecule has 1 saturated heterocycles. The van der Waals surface area contributed by atoms with Crippen molar-refractivity contribution in [3.8, 4) is 0 Å². The lowest BCUT2D eigenvalue weighted by atomic mass is 9.95. The second-order valence-electron chi connectivity index (χ2n) is 4.08. The smallest absolute Gasteiger partial charge is 0.225 e. The molecule has 1 atom stereocenters. The van der Waals surface area contributed by atoms with Gasteiger partial charge in [0.1, 0.15) is 0 Å². The monoisotopic (exact) mass is 172 g/mol. The third-order valence-electron chi connectivity index (χ3n) is 1.73. The molecule has 1 aliphatic rings. The molecule has 0 saturated carbocycles. The molecule has 1 rings (SSSR count). The maximum atomic E-state index is 11.4. The molecule has 1 amide bonds. The standard InChI is InChI=1S/C8H16N2O2/c1-8(2,3)7(11)10-6-4-9-12-5-6/h6,9H,4-5H2,1-3H3,(H,10,11)/t6-/m0/s1. The molecule has 0 unspecified atom stereocenters. The molecule has 0 aromatic heterocycles. The fourth-order valence-corrected chi connectivity index (χ4v) is 0.873. The molecular weight excluding hydrogens is 156 g/mol. The molecule has 4 heteroatoms. The van der Waals surface area contributed by atoms with Crippen molar-refractivity contribution in [1.29, 1.82) is 0 Å². The van der Waals surface area contributed by atoms with Gasteiger partial charge in [-0.15, -0.1) is 0 Å². The van der Waals surface area contributed by atoms with Crippen molar-refractivity contribution in [3.05, 3.63) is 0 Å². The van der Waals surface area contributed by atoms with Crippen LogP contribution in [0.5, 0.6) is 0 Å². The Morgan fingerprint density at radius 1 is 1.58 bits per heavy atom. The highest BCUT2D eigenvalue weighted by molar-refractivity contribution is 5.81. The summed E-state index contributed by atoms with van der Waals surface area (Å²) in [7, 11) is 0. The number of nitrogens with one attached hydrogen (secondary N) is 2. The molecule has 0 aromatic rings. The second-order valence-corrected chi connectivity index (χ2v) is 4.08. The minimum Gasteiger partial charge on any atom is -0.349 e. The van der Waals surface area contributed by atoms with Crippen LogP contribution in [-0.4, -0.2) is 25.1 Å². The summed E-state index contributed by atoms with van der Waals surface area (Å²) in [6.45, 7) is 6.94. The van der Waals surface area contributed by atoms with Crippen LogP contribution >= 0.6 is 0 Å². The highest BCUT2D eigenvalue weighted by atomic mass is 16.7. The summed E-state index contributed by atoms with van der Waals surface area (Å²) in [6.07, 6.45) is 0. The van der Waals surface area contributed by atoms with E-state index in [2.05, 4.69) is 10.8 Å². The summed E-state index contributed by atoms with van der Waals surface area (Å²) in [4.78, 5) is 16.3. The Kier molecular flexibility index (Phi) is 2.69. The molecule has 0 aliphatic carbocycles. The van der Waals surface area contributed by atoms with Crippen LogP contribution in [0.3, 0.4) is 0 Å². The number of rotatable bonds is 1. The van der Waals surface area contributed by atoms with Crippen LogP contribution in [0, 0.1) is 5.41 Å². The van der Waals surface area contributed by atoms with Crippen molar-refractivity contribution < 1.29 is 9.63 Å². The Morgan fingerprint density at radius 2 is 2.25 bits per heavy atom. The number of hydroxylamine groups is 1. The minimum absolute atomic E-state index is 0.0693. The van der Waals surface area contributed by atoms with E-state index in [1.807, 2.05) is 20.8 Å². The Labute approximate surface area is 72.6 Å². The lowest BCUT2D eigenvalue weighted by Crippen LogP contribution is -2.43. The lowest BCUT2D eigenvalue weighted by molar-refractivity contribution is -0.129. The fraction of sp³-hybridized carbons (Fsp3) is 0.875. The van der Waals surface area contributed by atoms with Gasteiger partial charge >= 0.3 is 0 Å². The number of hydrogen-bond donors (Lipinski definition) is 2. The van der Waals surface area contributed by atoms with E-state index in [9.17, 15) is 4.79 Å². The lowest BCUT2D eigenvalue weighted by Gasteiger charge is -2.20. The Morgan fingerprint density at radius 3 is 2.67 bits per heavy atom. The maximum absolute atomic E-state index is 11.4. The first kappa shape index (κ1) is 9.48. The Balaban J connectivity index is 2.35. The number of amides is 1. The van der Waals surface area contributed by atoms with Crippen LogP contribution in [0.4, 0.5) is 0 Å². The summed E-state index contributed by atoms with van der Waals surface area (Å²) in [6, 6.07) is 0.122. The quantitative estimate of drug-likeness (QED) is 0.587. The number of carbonyl (C=O) groups excluding carboxylic acids is 1. The van der Waals surface area contributed by atoms with Crippen LogP contribution in [-0.2, 0) is 9.63 Å². The van der Waals surface area contributed by atoms with Crippen LogP contribution < -0.4 is 10.8 Å². The normalized spacial score (nSPS) is 24.1. The first-order valence-corrected chi connectivity index (χ1v) is 4.16. The van der Waals surface area contributed by atoms with Crippen molar-refractivity contribution in [2.24, 2.45) is 5.41 Å².